The normalized spacial score (nSPS) is 31.4. The lowest BCUT2D eigenvalue weighted by Crippen LogP contribution is -2.45. The van der Waals surface area contributed by atoms with Gasteiger partial charge in [0.2, 0.25) is 0 Å². The number of carbonyl (C=O) groups is 1. The Morgan fingerprint density at radius 3 is 2.62 bits per heavy atom. The fourth-order valence-corrected chi connectivity index (χ4v) is 2.59. The summed E-state index contributed by atoms with van der Waals surface area (Å²) in [4.78, 5) is 13.9. The Morgan fingerprint density at radius 1 is 1.44 bits per heavy atom. The monoisotopic (exact) mass is 227 g/mol. The summed E-state index contributed by atoms with van der Waals surface area (Å²) in [6, 6.07) is 0. The van der Waals surface area contributed by atoms with Gasteiger partial charge in [-0.2, -0.15) is 0 Å². The zero-order chi connectivity index (χ0) is 11.5. The van der Waals surface area contributed by atoms with Crippen molar-refractivity contribution in [2.45, 2.75) is 38.9 Å². The molecule has 3 unspecified atom stereocenters. The van der Waals surface area contributed by atoms with E-state index in [1.807, 2.05) is 13.8 Å². The summed E-state index contributed by atoms with van der Waals surface area (Å²) in [5.74, 6) is -0.112. The number of rotatable bonds is 4. The lowest BCUT2D eigenvalue weighted by molar-refractivity contribution is -0.148. The highest BCUT2D eigenvalue weighted by atomic mass is 16.5. The van der Waals surface area contributed by atoms with E-state index >= 15 is 0 Å². The highest BCUT2D eigenvalue weighted by molar-refractivity contribution is 5.72. The molecule has 3 atom stereocenters. The Balaban J connectivity index is 1.79. The van der Waals surface area contributed by atoms with E-state index in [0.717, 1.165) is 19.6 Å². The molecule has 2 aliphatic heterocycles. The average Bonchev–Trinajstić information content (AvgIpc) is 2.58. The van der Waals surface area contributed by atoms with Crippen molar-refractivity contribution >= 4 is 5.97 Å². The van der Waals surface area contributed by atoms with Crippen LogP contribution in [0.4, 0.5) is 0 Å². The Morgan fingerprint density at radius 2 is 2.06 bits per heavy atom. The summed E-state index contributed by atoms with van der Waals surface area (Å²) in [7, 11) is 0. The van der Waals surface area contributed by atoms with Crippen LogP contribution in [0.1, 0.15) is 26.7 Å². The third kappa shape index (κ3) is 2.74. The van der Waals surface area contributed by atoms with Crippen LogP contribution in [0.25, 0.3) is 0 Å². The van der Waals surface area contributed by atoms with E-state index in [1.165, 1.54) is 12.8 Å². The summed E-state index contributed by atoms with van der Waals surface area (Å²) in [6.45, 7) is 7.00. The van der Waals surface area contributed by atoms with Gasteiger partial charge in [-0.3, -0.25) is 9.69 Å². The van der Waals surface area contributed by atoms with Crippen LogP contribution in [0.5, 0.6) is 0 Å². The molecule has 2 aliphatic rings. The first-order valence-corrected chi connectivity index (χ1v) is 6.23. The number of hydrogen-bond acceptors (Lipinski definition) is 4. The molecule has 2 bridgehead atoms. The molecule has 92 valence electrons. The largest absolute Gasteiger partial charge is 0.466 e. The van der Waals surface area contributed by atoms with Gasteiger partial charge in [-0.25, -0.2) is 0 Å². The van der Waals surface area contributed by atoms with Gasteiger partial charge in [-0.15, -0.1) is 0 Å². The Hall–Kier alpha value is -0.610. The highest BCUT2D eigenvalue weighted by Gasteiger charge is 2.34. The minimum Gasteiger partial charge on any atom is -0.466 e. The fraction of sp³-hybridized carbons (Fsp3) is 0.917. The maximum atomic E-state index is 11.5. The van der Waals surface area contributed by atoms with Crippen LogP contribution in [0.15, 0.2) is 0 Å². The number of likely N-dealkylation sites (tertiary alicyclic amines) is 1. The zero-order valence-electron chi connectivity index (χ0n) is 10.1. The minimum absolute atomic E-state index is 0.0301. The second-order valence-corrected chi connectivity index (χ2v) is 4.83. The van der Waals surface area contributed by atoms with Gasteiger partial charge >= 0.3 is 5.97 Å². The minimum atomic E-state index is -0.0821. The number of esters is 1. The number of fused-ring (bicyclic) bond motifs is 2. The lowest BCUT2D eigenvalue weighted by Gasteiger charge is -2.33. The summed E-state index contributed by atoms with van der Waals surface area (Å²) >= 11 is 0. The molecule has 0 N–H and O–H groups in total. The second-order valence-electron chi connectivity index (χ2n) is 4.83. The second kappa shape index (κ2) is 5.15. The van der Waals surface area contributed by atoms with Crippen LogP contribution in [0.2, 0.25) is 0 Å². The topological polar surface area (TPSA) is 38.8 Å². The van der Waals surface area contributed by atoms with Crippen molar-refractivity contribution in [1.82, 2.24) is 4.90 Å². The molecular weight excluding hydrogens is 206 g/mol. The summed E-state index contributed by atoms with van der Waals surface area (Å²) in [5.41, 5.74) is 0. The summed E-state index contributed by atoms with van der Waals surface area (Å²) < 4.78 is 10.8. The van der Waals surface area contributed by atoms with Crippen LogP contribution in [-0.2, 0) is 14.3 Å². The zero-order valence-corrected chi connectivity index (χ0v) is 10.1. The van der Waals surface area contributed by atoms with E-state index in [0.29, 0.717) is 18.8 Å². The Bertz CT molecular complexity index is 245. The third-order valence-corrected chi connectivity index (χ3v) is 3.34. The molecule has 0 amide bonds. The van der Waals surface area contributed by atoms with E-state index < -0.39 is 0 Å². The van der Waals surface area contributed by atoms with E-state index in [9.17, 15) is 4.79 Å². The summed E-state index contributed by atoms with van der Waals surface area (Å²) in [5, 5.41) is 0. The first-order chi connectivity index (χ1) is 7.69. The third-order valence-electron chi connectivity index (χ3n) is 3.34. The van der Waals surface area contributed by atoms with Crippen LogP contribution in [-0.4, -0.2) is 49.3 Å². The number of morpholine rings is 1. The smallest absolute Gasteiger partial charge is 0.309 e. The van der Waals surface area contributed by atoms with Crippen molar-refractivity contribution in [2.75, 3.05) is 26.2 Å². The van der Waals surface area contributed by atoms with Crippen LogP contribution >= 0.6 is 0 Å². The number of ether oxygens (including phenoxy) is 2. The lowest BCUT2D eigenvalue weighted by atomic mass is 10.1. The van der Waals surface area contributed by atoms with Crippen LogP contribution in [0.3, 0.4) is 0 Å². The first-order valence-electron chi connectivity index (χ1n) is 6.23. The van der Waals surface area contributed by atoms with Gasteiger partial charge in [-0.1, -0.05) is 6.92 Å². The number of hydrogen-bond donors (Lipinski definition) is 0. The van der Waals surface area contributed by atoms with Gasteiger partial charge in [-0.05, 0) is 19.8 Å². The molecule has 0 saturated carbocycles. The van der Waals surface area contributed by atoms with Crippen LogP contribution < -0.4 is 0 Å². The van der Waals surface area contributed by atoms with Gasteiger partial charge in [0.05, 0.1) is 24.7 Å². The molecule has 0 spiro atoms. The fourth-order valence-electron chi connectivity index (χ4n) is 2.59. The highest BCUT2D eigenvalue weighted by Crippen LogP contribution is 2.26. The van der Waals surface area contributed by atoms with Gasteiger partial charge in [0.25, 0.3) is 0 Å². The summed E-state index contributed by atoms with van der Waals surface area (Å²) in [6.07, 6.45) is 3.14. The van der Waals surface area contributed by atoms with Crippen molar-refractivity contribution in [3.63, 3.8) is 0 Å². The molecule has 0 radical (unpaired) electrons. The van der Waals surface area contributed by atoms with Crippen molar-refractivity contribution in [3.05, 3.63) is 0 Å². The molecule has 4 nitrogen and oxygen atoms in total. The molecule has 2 heterocycles. The molecule has 2 saturated heterocycles. The molecular formula is C12H21NO3. The van der Waals surface area contributed by atoms with Crippen molar-refractivity contribution < 1.29 is 14.3 Å². The molecule has 0 aromatic heterocycles. The first kappa shape index (κ1) is 11.9. The predicted molar refractivity (Wildman–Crippen MR) is 60.1 cm³/mol. The van der Waals surface area contributed by atoms with Crippen LogP contribution in [0, 0.1) is 5.92 Å². The van der Waals surface area contributed by atoms with Crippen molar-refractivity contribution in [2.24, 2.45) is 5.92 Å². The van der Waals surface area contributed by atoms with E-state index in [4.69, 9.17) is 9.47 Å². The molecule has 2 fully saturated rings. The quantitative estimate of drug-likeness (QED) is 0.673. The molecule has 0 aliphatic carbocycles. The van der Waals surface area contributed by atoms with Crippen molar-refractivity contribution in [1.29, 1.82) is 0 Å². The predicted octanol–water partition coefficient (Wildman–Crippen LogP) is 1.05. The van der Waals surface area contributed by atoms with Gasteiger partial charge in [0, 0.05) is 19.6 Å². The van der Waals surface area contributed by atoms with Gasteiger partial charge in [0.15, 0.2) is 0 Å². The Labute approximate surface area is 96.9 Å². The molecule has 4 heteroatoms. The van der Waals surface area contributed by atoms with E-state index in [-0.39, 0.29) is 11.9 Å². The maximum absolute atomic E-state index is 11.5. The van der Waals surface area contributed by atoms with Gasteiger partial charge < -0.3 is 9.47 Å². The molecule has 0 aromatic rings. The average molecular weight is 227 g/mol. The number of carbonyl (C=O) groups excluding carboxylic acids is 1. The van der Waals surface area contributed by atoms with Crippen molar-refractivity contribution in [3.8, 4) is 0 Å². The number of nitrogens with zero attached hydrogens (tertiary/aromatic N) is 1. The van der Waals surface area contributed by atoms with Gasteiger partial charge in [0.1, 0.15) is 0 Å². The molecule has 16 heavy (non-hydrogen) atoms. The SMILES string of the molecule is CCOC(=O)C(C)CN1CC2CCC(C1)O2. The van der Waals surface area contributed by atoms with E-state index in [2.05, 4.69) is 4.90 Å². The molecule has 2 rings (SSSR count). The Kier molecular flexibility index (Phi) is 3.82. The standard InChI is InChI=1S/C12H21NO3/c1-3-15-12(14)9(2)6-13-7-10-4-5-11(8-13)16-10/h9-11H,3-8H2,1-2H3. The maximum Gasteiger partial charge on any atom is 0.309 e. The molecule has 0 aromatic carbocycles. The van der Waals surface area contributed by atoms with E-state index in [1.54, 1.807) is 0 Å².